The van der Waals surface area contributed by atoms with Crippen LogP contribution in [0.3, 0.4) is 0 Å². The van der Waals surface area contributed by atoms with E-state index in [1.807, 2.05) is 19.1 Å². The fourth-order valence-electron chi connectivity index (χ4n) is 3.20. The number of hydrogen-bond donors (Lipinski definition) is 1. The monoisotopic (exact) mass is 377 g/mol. The van der Waals surface area contributed by atoms with Crippen molar-refractivity contribution in [3.8, 4) is 16.9 Å². The molecule has 0 saturated heterocycles. The minimum Gasteiger partial charge on any atom is -0.496 e. The summed E-state index contributed by atoms with van der Waals surface area (Å²) in [6.07, 6.45) is 5.43. The predicted molar refractivity (Wildman–Crippen MR) is 115 cm³/mol. The van der Waals surface area contributed by atoms with E-state index in [0.29, 0.717) is 12.3 Å². The molecule has 0 spiro atoms. The summed E-state index contributed by atoms with van der Waals surface area (Å²) in [6.45, 7) is 6.78. The van der Waals surface area contributed by atoms with Gasteiger partial charge in [0, 0.05) is 35.2 Å². The van der Waals surface area contributed by atoms with Crippen LogP contribution >= 0.6 is 0 Å². The number of unbranched alkanes of at least 4 members (excludes halogenated alkanes) is 1. The van der Waals surface area contributed by atoms with Gasteiger partial charge in [0.05, 0.1) is 13.4 Å². The van der Waals surface area contributed by atoms with E-state index in [2.05, 4.69) is 43.4 Å². The molecule has 4 heteroatoms. The molecule has 1 heterocycles. The van der Waals surface area contributed by atoms with Crippen LogP contribution in [0, 0.1) is 6.92 Å². The molecule has 0 aliphatic rings. The number of nitrogens with one attached hydrogen (secondary N) is 1. The highest BCUT2D eigenvalue weighted by Crippen LogP contribution is 2.37. The molecule has 0 atom stereocenters. The number of rotatable bonds is 7. The van der Waals surface area contributed by atoms with Gasteiger partial charge in [-0.05, 0) is 37.5 Å². The van der Waals surface area contributed by atoms with Crippen LogP contribution in [0.4, 0.5) is 0 Å². The Morgan fingerprint density at radius 1 is 1.21 bits per heavy atom. The smallest absolute Gasteiger partial charge is 0.244 e. The molecular weight excluding hydrogens is 350 g/mol. The van der Waals surface area contributed by atoms with Gasteiger partial charge in [0.2, 0.25) is 5.91 Å². The second-order valence-corrected chi connectivity index (χ2v) is 7.04. The van der Waals surface area contributed by atoms with Crippen LogP contribution in [0.5, 0.6) is 5.75 Å². The number of hydrogen-bond acceptors (Lipinski definition) is 3. The highest BCUT2D eigenvalue weighted by molar-refractivity contribution is 6.00. The van der Waals surface area contributed by atoms with Crippen LogP contribution in [-0.4, -0.2) is 19.6 Å². The number of amides is 1. The summed E-state index contributed by atoms with van der Waals surface area (Å²) in [6, 6.07) is 12.3. The molecule has 0 unspecified atom stereocenters. The van der Waals surface area contributed by atoms with Crippen LogP contribution in [0.1, 0.15) is 37.8 Å². The summed E-state index contributed by atoms with van der Waals surface area (Å²) in [7, 11) is 1.63. The number of methoxy groups -OCH3 is 1. The van der Waals surface area contributed by atoms with Crippen LogP contribution in [-0.2, 0) is 4.79 Å². The lowest BCUT2D eigenvalue weighted by atomic mass is 9.99. The lowest BCUT2D eigenvalue weighted by molar-refractivity contribution is -0.116. The Balaban J connectivity index is 2.00. The quantitative estimate of drug-likeness (QED) is 0.422. The zero-order valence-electron chi connectivity index (χ0n) is 17.0. The highest BCUT2D eigenvalue weighted by Gasteiger charge is 2.15. The van der Waals surface area contributed by atoms with Crippen molar-refractivity contribution < 1.29 is 13.9 Å². The average Bonchev–Trinajstić information content (AvgIpc) is 3.10. The van der Waals surface area contributed by atoms with E-state index in [-0.39, 0.29) is 5.91 Å². The molecule has 1 aromatic heterocycles. The van der Waals surface area contributed by atoms with Gasteiger partial charge < -0.3 is 14.5 Å². The molecule has 1 N–H and O–H groups in total. The maximum atomic E-state index is 12.2. The molecule has 0 saturated carbocycles. The Morgan fingerprint density at radius 3 is 2.64 bits per heavy atom. The standard InChI is InChI=1S/C24H27NO3/c1-5-6-11-25-24(26)12-17(3)19-13-20-21(18-9-7-16(2)8-10-18)15-28-23(20)14-22(19)27-4/h7-10,12-15H,5-6,11H2,1-4H3,(H,25,26)/b17-12+. The van der Waals surface area contributed by atoms with Gasteiger partial charge in [0.25, 0.3) is 0 Å². The maximum absolute atomic E-state index is 12.2. The van der Waals surface area contributed by atoms with E-state index in [1.54, 1.807) is 19.4 Å². The number of furan rings is 1. The summed E-state index contributed by atoms with van der Waals surface area (Å²) < 4.78 is 11.3. The van der Waals surface area contributed by atoms with Crippen molar-refractivity contribution in [2.75, 3.05) is 13.7 Å². The van der Waals surface area contributed by atoms with Crippen molar-refractivity contribution in [1.82, 2.24) is 5.32 Å². The number of ether oxygens (including phenoxy) is 1. The highest BCUT2D eigenvalue weighted by atomic mass is 16.5. The van der Waals surface area contributed by atoms with E-state index >= 15 is 0 Å². The number of carbonyl (C=O) groups is 1. The molecule has 0 aliphatic carbocycles. The Labute approximate surface area is 166 Å². The molecule has 2 aromatic carbocycles. The first kappa shape index (κ1) is 19.7. The van der Waals surface area contributed by atoms with Crippen LogP contribution in [0.25, 0.3) is 27.7 Å². The van der Waals surface area contributed by atoms with Gasteiger partial charge in [0.1, 0.15) is 11.3 Å². The van der Waals surface area contributed by atoms with E-state index in [0.717, 1.165) is 46.1 Å². The number of allylic oxidation sites excluding steroid dienone is 1. The van der Waals surface area contributed by atoms with Crippen molar-refractivity contribution >= 4 is 22.4 Å². The van der Waals surface area contributed by atoms with Crippen molar-refractivity contribution in [2.24, 2.45) is 0 Å². The van der Waals surface area contributed by atoms with Crippen LogP contribution < -0.4 is 10.1 Å². The number of fused-ring (bicyclic) bond motifs is 1. The number of carbonyl (C=O) groups excluding carboxylic acids is 1. The Kier molecular flexibility index (Phi) is 6.19. The summed E-state index contributed by atoms with van der Waals surface area (Å²) in [5, 5.41) is 3.92. The van der Waals surface area contributed by atoms with Crippen molar-refractivity contribution in [3.63, 3.8) is 0 Å². The first-order chi connectivity index (χ1) is 13.5. The average molecular weight is 377 g/mol. The second kappa shape index (κ2) is 8.79. The molecule has 0 bridgehead atoms. The van der Waals surface area contributed by atoms with E-state index in [4.69, 9.17) is 9.15 Å². The van der Waals surface area contributed by atoms with Gasteiger partial charge in [-0.1, -0.05) is 43.2 Å². The first-order valence-electron chi connectivity index (χ1n) is 9.66. The number of aryl methyl sites for hydroxylation is 1. The normalized spacial score (nSPS) is 11.6. The minimum atomic E-state index is -0.0842. The second-order valence-electron chi connectivity index (χ2n) is 7.04. The van der Waals surface area contributed by atoms with Crippen LogP contribution in [0.15, 0.2) is 53.2 Å². The van der Waals surface area contributed by atoms with Crippen molar-refractivity contribution in [1.29, 1.82) is 0 Å². The molecular formula is C24H27NO3. The molecule has 0 radical (unpaired) electrons. The molecule has 1 amide bonds. The summed E-state index contributed by atoms with van der Waals surface area (Å²) in [5.41, 5.74) is 5.83. The molecule has 146 valence electrons. The van der Waals surface area contributed by atoms with Gasteiger partial charge in [-0.15, -0.1) is 0 Å². The summed E-state index contributed by atoms with van der Waals surface area (Å²) in [4.78, 5) is 12.2. The van der Waals surface area contributed by atoms with Crippen LogP contribution in [0.2, 0.25) is 0 Å². The minimum absolute atomic E-state index is 0.0842. The van der Waals surface area contributed by atoms with E-state index < -0.39 is 0 Å². The van der Waals surface area contributed by atoms with Gasteiger partial charge in [-0.2, -0.15) is 0 Å². The van der Waals surface area contributed by atoms with Gasteiger partial charge >= 0.3 is 0 Å². The Morgan fingerprint density at radius 2 is 1.96 bits per heavy atom. The summed E-state index contributed by atoms with van der Waals surface area (Å²) in [5.74, 6) is 0.603. The Bertz CT molecular complexity index is 997. The third-order valence-electron chi connectivity index (χ3n) is 4.86. The zero-order valence-corrected chi connectivity index (χ0v) is 17.0. The van der Waals surface area contributed by atoms with Crippen molar-refractivity contribution in [2.45, 2.75) is 33.6 Å². The third-order valence-corrected chi connectivity index (χ3v) is 4.86. The predicted octanol–water partition coefficient (Wildman–Crippen LogP) is 5.74. The molecule has 0 aliphatic heterocycles. The third kappa shape index (κ3) is 4.28. The van der Waals surface area contributed by atoms with Gasteiger partial charge in [-0.25, -0.2) is 0 Å². The lowest BCUT2D eigenvalue weighted by Gasteiger charge is -2.10. The molecule has 4 nitrogen and oxygen atoms in total. The van der Waals surface area contributed by atoms with E-state index in [1.165, 1.54) is 5.56 Å². The van der Waals surface area contributed by atoms with Gasteiger partial charge in [0.15, 0.2) is 0 Å². The molecule has 3 aromatic rings. The molecule has 28 heavy (non-hydrogen) atoms. The van der Waals surface area contributed by atoms with Crippen molar-refractivity contribution in [3.05, 3.63) is 59.9 Å². The topological polar surface area (TPSA) is 51.5 Å². The summed E-state index contributed by atoms with van der Waals surface area (Å²) >= 11 is 0. The fourth-order valence-corrected chi connectivity index (χ4v) is 3.20. The zero-order chi connectivity index (χ0) is 20.1. The molecule has 0 fully saturated rings. The SMILES string of the molecule is CCCCNC(=O)/C=C(\C)c1cc2c(-c3ccc(C)cc3)coc2cc1OC. The Hall–Kier alpha value is -3.01. The first-order valence-corrected chi connectivity index (χ1v) is 9.66. The van der Waals surface area contributed by atoms with E-state index in [9.17, 15) is 4.79 Å². The maximum Gasteiger partial charge on any atom is 0.244 e. The number of benzene rings is 2. The lowest BCUT2D eigenvalue weighted by Crippen LogP contribution is -2.22. The largest absolute Gasteiger partial charge is 0.496 e. The van der Waals surface area contributed by atoms with Gasteiger partial charge in [-0.3, -0.25) is 4.79 Å². The fraction of sp³-hybridized carbons (Fsp3) is 0.292. The molecule has 3 rings (SSSR count).